The number of nitrogens with one attached hydrogen (secondary N) is 1. The van der Waals surface area contributed by atoms with Crippen molar-refractivity contribution in [2.75, 3.05) is 60.5 Å². The van der Waals surface area contributed by atoms with E-state index < -0.39 is 0 Å². The van der Waals surface area contributed by atoms with Crippen LogP contribution in [-0.4, -0.2) is 82.1 Å². The quantitative estimate of drug-likeness (QED) is 0.0700. The van der Waals surface area contributed by atoms with Crippen molar-refractivity contribution in [2.24, 2.45) is 0 Å². The van der Waals surface area contributed by atoms with E-state index in [1.54, 1.807) is 7.11 Å². The Kier molecular flexibility index (Phi) is 19.1. The van der Waals surface area contributed by atoms with Crippen LogP contribution < -0.4 is 10.1 Å². The fourth-order valence-electron chi connectivity index (χ4n) is 7.35. The predicted octanol–water partition coefficient (Wildman–Crippen LogP) is 9.95. The smallest absolute Gasteiger partial charge is 0.408 e. The largest absolute Gasteiger partial charge is 0.496 e. The number of nitrogens with zero attached hydrogens (tertiary/aromatic N) is 2. The molecule has 0 atom stereocenters. The molecule has 52 heavy (non-hydrogen) atoms. The Morgan fingerprint density at radius 1 is 0.712 bits per heavy atom. The maximum atomic E-state index is 12.9. The number of ether oxygens (including phenoxy) is 3. The first kappa shape index (κ1) is 41.4. The van der Waals surface area contributed by atoms with Gasteiger partial charge in [0.2, 0.25) is 0 Å². The number of carbonyl (C=O) groups is 1. The van der Waals surface area contributed by atoms with Crippen LogP contribution in [0.2, 0.25) is 0 Å². The lowest BCUT2D eigenvalue weighted by molar-refractivity contribution is -0.890. The molecule has 7 heteroatoms. The molecule has 1 fully saturated rings. The SMILES string of the molecule is COc1ccccc1COCCCCCC[N+](C)(C)CCCCCCCCCCN1CCC(OC(=O)NC(c2ccccc2)c2ccccc2)CC1. The minimum atomic E-state index is -0.329. The molecule has 1 aliphatic rings. The summed E-state index contributed by atoms with van der Waals surface area (Å²) in [4.78, 5) is 15.5. The van der Waals surface area contributed by atoms with Gasteiger partial charge in [0.25, 0.3) is 0 Å². The van der Waals surface area contributed by atoms with Gasteiger partial charge in [0, 0.05) is 25.3 Å². The van der Waals surface area contributed by atoms with E-state index in [0.717, 1.165) is 72.4 Å². The fourth-order valence-corrected chi connectivity index (χ4v) is 7.35. The van der Waals surface area contributed by atoms with Crippen LogP contribution in [-0.2, 0) is 16.1 Å². The third-order valence-electron chi connectivity index (χ3n) is 10.6. The maximum Gasteiger partial charge on any atom is 0.408 e. The summed E-state index contributed by atoms with van der Waals surface area (Å²) in [6.07, 6.45) is 17.2. The molecule has 0 spiro atoms. The molecular formula is C45H68N3O4+. The summed E-state index contributed by atoms with van der Waals surface area (Å²) in [5.41, 5.74) is 3.23. The van der Waals surface area contributed by atoms with Gasteiger partial charge >= 0.3 is 6.09 Å². The first-order valence-corrected chi connectivity index (χ1v) is 20.2. The van der Waals surface area contributed by atoms with Crippen LogP contribution in [0.5, 0.6) is 5.75 Å². The second kappa shape index (κ2) is 24.0. The van der Waals surface area contributed by atoms with Crippen molar-refractivity contribution in [1.82, 2.24) is 10.2 Å². The van der Waals surface area contributed by atoms with Crippen molar-refractivity contribution in [3.05, 3.63) is 102 Å². The third-order valence-corrected chi connectivity index (χ3v) is 10.6. The minimum Gasteiger partial charge on any atom is -0.496 e. The van der Waals surface area contributed by atoms with E-state index in [9.17, 15) is 4.79 Å². The third kappa shape index (κ3) is 16.1. The van der Waals surface area contributed by atoms with Crippen molar-refractivity contribution in [3.63, 3.8) is 0 Å². The summed E-state index contributed by atoms with van der Waals surface area (Å²) in [5.74, 6) is 0.909. The van der Waals surface area contributed by atoms with Gasteiger partial charge in [0.05, 0.1) is 46.9 Å². The standard InChI is InChI=1S/C45H67N3O4/c1-48(2,36-22-10-11-23-37-51-38-41-28-18-19-29-43(41)50-3)35-21-9-7-5-4-6-8-20-32-47-33-30-42(31-34-47)52-45(49)46-44(39-24-14-12-15-25-39)40-26-16-13-17-27-40/h12-19,24-29,42,44H,4-11,20-23,30-38H2,1-3H3/p+1. The highest BCUT2D eigenvalue weighted by Gasteiger charge is 2.24. The number of unbranched alkanes of at least 4 members (excludes halogenated alkanes) is 10. The molecule has 0 radical (unpaired) electrons. The lowest BCUT2D eigenvalue weighted by Crippen LogP contribution is -2.41. The van der Waals surface area contributed by atoms with Gasteiger partial charge in [-0.05, 0) is 75.1 Å². The second-order valence-corrected chi connectivity index (χ2v) is 15.3. The van der Waals surface area contributed by atoms with E-state index in [4.69, 9.17) is 14.2 Å². The molecule has 3 aromatic rings. The van der Waals surface area contributed by atoms with Crippen LogP contribution in [0.25, 0.3) is 0 Å². The molecule has 4 rings (SSSR count). The number of piperidine rings is 1. The van der Waals surface area contributed by atoms with Gasteiger partial charge in [0.15, 0.2) is 0 Å². The first-order chi connectivity index (χ1) is 25.4. The molecule has 0 aliphatic carbocycles. The van der Waals surface area contributed by atoms with Crippen molar-refractivity contribution >= 4 is 6.09 Å². The zero-order chi connectivity index (χ0) is 36.7. The Morgan fingerprint density at radius 2 is 1.23 bits per heavy atom. The Morgan fingerprint density at radius 3 is 1.83 bits per heavy atom. The lowest BCUT2D eigenvalue weighted by atomic mass is 9.99. The van der Waals surface area contributed by atoms with Crippen LogP contribution in [0.15, 0.2) is 84.9 Å². The topological polar surface area (TPSA) is 60.0 Å². The predicted molar refractivity (Wildman–Crippen MR) is 214 cm³/mol. The summed E-state index contributed by atoms with van der Waals surface area (Å²) >= 11 is 0. The summed E-state index contributed by atoms with van der Waals surface area (Å²) in [7, 11) is 6.51. The van der Waals surface area contributed by atoms with Gasteiger partial charge in [-0.2, -0.15) is 0 Å². The van der Waals surface area contributed by atoms with Crippen LogP contribution in [0.1, 0.15) is 113 Å². The Bertz CT molecular complexity index is 1320. The highest BCUT2D eigenvalue weighted by atomic mass is 16.6. The van der Waals surface area contributed by atoms with Crippen LogP contribution in [0, 0.1) is 0 Å². The summed E-state index contributed by atoms with van der Waals surface area (Å²) in [6.45, 7) is 7.18. The number of alkyl carbamates (subject to hydrolysis) is 1. The van der Waals surface area contributed by atoms with E-state index in [2.05, 4.69) is 30.4 Å². The van der Waals surface area contributed by atoms with Gasteiger partial charge in [-0.15, -0.1) is 0 Å². The normalized spacial score (nSPS) is 14.1. The highest BCUT2D eigenvalue weighted by Crippen LogP contribution is 2.23. The molecule has 1 amide bonds. The minimum absolute atomic E-state index is 0.0139. The first-order valence-electron chi connectivity index (χ1n) is 20.2. The van der Waals surface area contributed by atoms with Crippen molar-refractivity contribution in [3.8, 4) is 5.75 Å². The zero-order valence-electron chi connectivity index (χ0n) is 32.6. The molecule has 286 valence electrons. The van der Waals surface area contributed by atoms with E-state index in [-0.39, 0.29) is 18.2 Å². The zero-order valence-corrected chi connectivity index (χ0v) is 32.6. The summed E-state index contributed by atoms with van der Waals surface area (Å²) < 4.78 is 18.3. The number of methoxy groups -OCH3 is 1. The van der Waals surface area contributed by atoms with Gasteiger partial charge in [0.1, 0.15) is 11.9 Å². The molecule has 0 saturated carbocycles. The Labute approximate surface area is 315 Å². The number of benzene rings is 3. The number of hydrogen-bond acceptors (Lipinski definition) is 5. The number of likely N-dealkylation sites (tertiary alicyclic amines) is 1. The average Bonchev–Trinajstić information content (AvgIpc) is 3.17. The number of hydrogen-bond donors (Lipinski definition) is 1. The van der Waals surface area contributed by atoms with E-state index >= 15 is 0 Å². The van der Waals surface area contributed by atoms with Crippen molar-refractivity contribution < 1.29 is 23.5 Å². The lowest BCUT2D eigenvalue weighted by Gasteiger charge is -2.32. The van der Waals surface area contributed by atoms with Crippen molar-refractivity contribution in [1.29, 1.82) is 0 Å². The molecular weight excluding hydrogens is 647 g/mol. The number of carbonyl (C=O) groups excluding carboxylic acids is 1. The fraction of sp³-hybridized carbons (Fsp3) is 0.578. The maximum absolute atomic E-state index is 12.9. The van der Waals surface area contributed by atoms with Gasteiger partial charge in [-0.25, -0.2) is 4.79 Å². The van der Waals surface area contributed by atoms with E-state index in [1.807, 2.05) is 78.9 Å². The van der Waals surface area contributed by atoms with Gasteiger partial charge < -0.3 is 28.9 Å². The van der Waals surface area contributed by atoms with E-state index in [1.165, 1.54) is 83.7 Å². The van der Waals surface area contributed by atoms with Crippen molar-refractivity contribution in [2.45, 2.75) is 109 Å². The Balaban J connectivity index is 0.934. The average molecular weight is 715 g/mol. The molecule has 0 bridgehead atoms. The summed E-state index contributed by atoms with van der Waals surface area (Å²) in [5, 5.41) is 3.12. The molecule has 1 N–H and O–H groups in total. The molecule has 1 saturated heterocycles. The van der Waals surface area contributed by atoms with Gasteiger partial charge in [-0.3, -0.25) is 0 Å². The number of quaternary nitrogens is 1. The molecule has 7 nitrogen and oxygen atoms in total. The monoisotopic (exact) mass is 715 g/mol. The molecule has 1 aliphatic heterocycles. The second-order valence-electron chi connectivity index (χ2n) is 15.3. The Hall–Kier alpha value is -3.39. The van der Waals surface area contributed by atoms with Crippen LogP contribution >= 0.6 is 0 Å². The number of rotatable bonds is 25. The summed E-state index contributed by atoms with van der Waals surface area (Å²) in [6, 6.07) is 28.1. The van der Waals surface area contributed by atoms with Crippen LogP contribution in [0.3, 0.4) is 0 Å². The van der Waals surface area contributed by atoms with Crippen LogP contribution in [0.4, 0.5) is 4.79 Å². The molecule has 1 heterocycles. The number of para-hydroxylation sites is 1. The number of amides is 1. The molecule has 0 unspecified atom stereocenters. The highest BCUT2D eigenvalue weighted by molar-refractivity contribution is 5.69. The van der Waals surface area contributed by atoms with Gasteiger partial charge in [-0.1, -0.05) is 117 Å². The molecule has 3 aromatic carbocycles. The molecule has 0 aromatic heterocycles. The van der Waals surface area contributed by atoms with E-state index in [0.29, 0.717) is 6.61 Å².